The quantitative estimate of drug-likeness (QED) is 0.393. The average Bonchev–Trinajstić information content (AvgIpc) is 2.94. The molecule has 1 N–H and O–H groups in total. The van der Waals surface area contributed by atoms with Crippen LogP contribution in [0.4, 0.5) is 5.69 Å². The Morgan fingerprint density at radius 2 is 1.84 bits per heavy atom. The lowest BCUT2D eigenvalue weighted by molar-refractivity contribution is -0.148. The molecule has 0 saturated heterocycles. The molecule has 1 aromatic heterocycles. The van der Waals surface area contributed by atoms with Crippen molar-refractivity contribution in [3.05, 3.63) is 57.9 Å². The van der Waals surface area contributed by atoms with Gasteiger partial charge in [0, 0.05) is 23.6 Å². The van der Waals surface area contributed by atoms with Crippen LogP contribution in [0, 0.1) is 44.9 Å². The van der Waals surface area contributed by atoms with E-state index in [0.717, 1.165) is 34.6 Å². The molecule has 1 atom stereocenters. The monoisotopic (exact) mass is 421 g/mol. The summed E-state index contributed by atoms with van der Waals surface area (Å²) in [6.45, 7) is 14.4. The molecule has 1 heterocycles. The predicted octanol–water partition coefficient (Wildman–Crippen LogP) is 4.86. The molecule has 164 valence electrons. The number of hydrogen-bond acceptors (Lipinski definition) is 4. The predicted molar refractivity (Wildman–Crippen MR) is 122 cm³/mol. The molecule has 0 aliphatic heterocycles. The van der Waals surface area contributed by atoms with E-state index >= 15 is 0 Å². The minimum absolute atomic E-state index is 0.143. The minimum atomic E-state index is -1.04. The maximum atomic E-state index is 12.5. The van der Waals surface area contributed by atoms with E-state index in [1.54, 1.807) is 0 Å². The van der Waals surface area contributed by atoms with Crippen LogP contribution in [0.3, 0.4) is 0 Å². The van der Waals surface area contributed by atoms with Crippen molar-refractivity contribution in [2.45, 2.75) is 61.1 Å². The molecule has 2 rings (SSSR count). The van der Waals surface area contributed by atoms with Gasteiger partial charge in [-0.1, -0.05) is 31.5 Å². The van der Waals surface area contributed by atoms with Crippen molar-refractivity contribution in [1.82, 2.24) is 4.57 Å². The van der Waals surface area contributed by atoms with E-state index in [2.05, 4.69) is 23.7 Å². The van der Waals surface area contributed by atoms with Gasteiger partial charge in [-0.2, -0.15) is 5.26 Å². The number of hydrogen-bond donors (Lipinski definition) is 1. The normalized spacial score (nSPS) is 12.4. The summed E-state index contributed by atoms with van der Waals surface area (Å²) in [6, 6.07) is 9.51. The lowest BCUT2D eigenvalue weighted by Crippen LogP contribution is -2.30. The van der Waals surface area contributed by atoms with Crippen LogP contribution in [-0.2, 0) is 20.9 Å². The summed E-state index contributed by atoms with van der Waals surface area (Å²) in [5, 5.41) is 12.3. The Morgan fingerprint density at radius 3 is 2.42 bits per heavy atom. The molecule has 0 radical (unpaired) electrons. The highest BCUT2D eigenvalue weighted by atomic mass is 16.5. The highest BCUT2D eigenvalue weighted by Crippen LogP contribution is 2.21. The van der Waals surface area contributed by atoms with Crippen LogP contribution in [0.25, 0.3) is 6.08 Å². The first kappa shape index (κ1) is 23.9. The van der Waals surface area contributed by atoms with Crippen molar-refractivity contribution in [3.8, 4) is 6.07 Å². The Hall–Kier alpha value is -3.33. The van der Waals surface area contributed by atoms with Crippen molar-refractivity contribution in [3.63, 3.8) is 0 Å². The molecular weight excluding hydrogens is 390 g/mol. The molecule has 2 aromatic rings. The maximum absolute atomic E-state index is 12.5. The fraction of sp³-hybridized carbons (Fsp3) is 0.400. The highest BCUT2D eigenvalue weighted by Gasteiger charge is 2.22. The Balaban J connectivity index is 2.14. The van der Waals surface area contributed by atoms with Crippen LogP contribution >= 0.6 is 0 Å². The van der Waals surface area contributed by atoms with Gasteiger partial charge in [0.25, 0.3) is 5.91 Å². The number of nitrogens with zero attached hydrogens (tertiary/aromatic N) is 2. The zero-order valence-corrected chi connectivity index (χ0v) is 19.4. The number of ether oxygens (including phenoxy) is 1. The smallest absolute Gasteiger partial charge is 0.349 e. The number of amides is 1. The third-order valence-corrected chi connectivity index (χ3v) is 5.09. The summed E-state index contributed by atoms with van der Waals surface area (Å²) < 4.78 is 7.43. The molecule has 0 saturated carbocycles. The van der Waals surface area contributed by atoms with Gasteiger partial charge >= 0.3 is 5.97 Å². The summed E-state index contributed by atoms with van der Waals surface area (Å²) in [5.41, 5.74) is 5.35. The number of anilines is 1. The molecule has 6 nitrogen and oxygen atoms in total. The first-order valence-electron chi connectivity index (χ1n) is 10.4. The van der Waals surface area contributed by atoms with Gasteiger partial charge in [-0.3, -0.25) is 4.79 Å². The van der Waals surface area contributed by atoms with Crippen molar-refractivity contribution in [2.24, 2.45) is 5.92 Å². The molecule has 0 spiro atoms. The second kappa shape index (κ2) is 10.1. The Kier molecular flexibility index (Phi) is 7.82. The van der Waals surface area contributed by atoms with Crippen molar-refractivity contribution >= 4 is 23.6 Å². The topological polar surface area (TPSA) is 84.1 Å². The Labute approximate surface area is 184 Å². The number of aryl methyl sites for hydroxylation is 3. The molecule has 1 unspecified atom stereocenters. The number of carbonyl (C=O) groups excluding carboxylic acids is 2. The van der Waals surface area contributed by atoms with Crippen LogP contribution in [-0.4, -0.2) is 22.5 Å². The number of nitriles is 1. The number of carbonyl (C=O) groups is 2. The maximum Gasteiger partial charge on any atom is 0.349 e. The summed E-state index contributed by atoms with van der Waals surface area (Å²) in [6.07, 6.45) is 0.481. The third kappa shape index (κ3) is 6.08. The van der Waals surface area contributed by atoms with Crippen LogP contribution in [0.15, 0.2) is 29.8 Å². The van der Waals surface area contributed by atoms with Gasteiger partial charge in [0.1, 0.15) is 11.6 Å². The van der Waals surface area contributed by atoms with Gasteiger partial charge in [-0.05, 0) is 69.9 Å². The number of rotatable bonds is 7. The number of nitrogens with one attached hydrogen (secondary N) is 1. The number of aromatic nitrogens is 1. The minimum Gasteiger partial charge on any atom is -0.448 e. The number of benzene rings is 1. The molecule has 0 bridgehead atoms. The van der Waals surface area contributed by atoms with Crippen LogP contribution in [0.2, 0.25) is 0 Å². The van der Waals surface area contributed by atoms with Crippen LogP contribution < -0.4 is 5.32 Å². The fourth-order valence-corrected chi connectivity index (χ4v) is 3.38. The summed E-state index contributed by atoms with van der Waals surface area (Å²) in [4.78, 5) is 25.0. The molecule has 0 fully saturated rings. The Bertz CT molecular complexity index is 1050. The Morgan fingerprint density at radius 1 is 1.16 bits per heavy atom. The molecule has 6 heteroatoms. The van der Waals surface area contributed by atoms with E-state index in [9.17, 15) is 14.9 Å². The summed E-state index contributed by atoms with van der Waals surface area (Å²) in [5.74, 6) is -0.800. The first-order chi connectivity index (χ1) is 14.5. The molecular formula is C25H31N3O3. The van der Waals surface area contributed by atoms with Crippen LogP contribution in [0.5, 0.6) is 0 Å². The zero-order chi connectivity index (χ0) is 23.3. The SMILES string of the molecule is Cc1ccc(NC(=O)C(C)OC(=O)/C(C#N)=C/c2cc(C)n(CC(C)C)c2C)c(C)c1. The van der Waals surface area contributed by atoms with E-state index in [1.807, 2.05) is 58.0 Å². The van der Waals surface area contributed by atoms with Crippen molar-refractivity contribution < 1.29 is 14.3 Å². The number of esters is 1. The van der Waals surface area contributed by atoms with Gasteiger partial charge in [0.05, 0.1) is 0 Å². The van der Waals surface area contributed by atoms with Gasteiger partial charge in [0.2, 0.25) is 0 Å². The first-order valence-corrected chi connectivity index (χ1v) is 10.4. The van der Waals surface area contributed by atoms with E-state index < -0.39 is 18.0 Å². The molecule has 1 amide bonds. The standard InChI is InChI=1S/C25H31N3O3/c1-15(2)14-28-18(5)11-21(19(28)6)12-22(13-26)25(30)31-20(7)24(29)27-23-9-8-16(3)10-17(23)4/h8-12,15,20H,14H2,1-7H3,(H,27,29)/b22-12+. The third-order valence-electron chi connectivity index (χ3n) is 5.09. The van der Waals surface area contributed by atoms with E-state index in [0.29, 0.717) is 11.6 Å². The van der Waals surface area contributed by atoms with Crippen molar-refractivity contribution in [1.29, 1.82) is 5.26 Å². The summed E-state index contributed by atoms with van der Waals surface area (Å²) >= 11 is 0. The van der Waals surface area contributed by atoms with Crippen LogP contribution in [0.1, 0.15) is 48.8 Å². The van der Waals surface area contributed by atoms with Gasteiger partial charge in [0.15, 0.2) is 6.10 Å². The molecule has 0 aliphatic rings. The van der Waals surface area contributed by atoms with E-state index in [-0.39, 0.29) is 5.57 Å². The molecule has 1 aromatic carbocycles. The molecule has 31 heavy (non-hydrogen) atoms. The second-order valence-corrected chi connectivity index (χ2v) is 8.36. The fourth-order valence-electron chi connectivity index (χ4n) is 3.38. The highest BCUT2D eigenvalue weighted by molar-refractivity contribution is 6.01. The van der Waals surface area contributed by atoms with E-state index in [4.69, 9.17) is 4.74 Å². The lowest BCUT2D eigenvalue weighted by atomic mass is 10.1. The average molecular weight is 422 g/mol. The van der Waals surface area contributed by atoms with E-state index in [1.165, 1.54) is 13.0 Å². The lowest BCUT2D eigenvalue weighted by Gasteiger charge is -2.15. The second-order valence-electron chi connectivity index (χ2n) is 8.36. The van der Waals surface area contributed by atoms with Gasteiger partial charge < -0.3 is 14.6 Å². The zero-order valence-electron chi connectivity index (χ0n) is 19.4. The summed E-state index contributed by atoms with van der Waals surface area (Å²) in [7, 11) is 0. The van der Waals surface area contributed by atoms with Gasteiger partial charge in [-0.15, -0.1) is 0 Å². The largest absolute Gasteiger partial charge is 0.448 e. The van der Waals surface area contributed by atoms with Crippen molar-refractivity contribution in [2.75, 3.05) is 5.32 Å². The molecule has 0 aliphatic carbocycles. The van der Waals surface area contributed by atoms with Gasteiger partial charge in [-0.25, -0.2) is 4.79 Å².